The van der Waals surface area contributed by atoms with Crippen LogP contribution in [0.3, 0.4) is 0 Å². The van der Waals surface area contributed by atoms with Gasteiger partial charge in [0.25, 0.3) is 0 Å². The van der Waals surface area contributed by atoms with E-state index in [2.05, 4.69) is 0 Å². The van der Waals surface area contributed by atoms with Gasteiger partial charge >= 0.3 is 5.97 Å². The number of hydrogen-bond acceptors (Lipinski definition) is 5. The number of nitrogens with two attached hydrogens (primary N) is 1. The zero-order chi connectivity index (χ0) is 12.0. The molecule has 5 nitrogen and oxygen atoms in total. The molecule has 2 N–H and O–H groups in total. The Bertz CT molecular complexity index is 364. The Morgan fingerprint density at radius 1 is 1.31 bits per heavy atom. The van der Waals surface area contributed by atoms with Gasteiger partial charge < -0.3 is 20.4 Å². The topological polar surface area (TPSA) is 92.5 Å². The number of carboxylic acids is 1. The molecule has 0 aliphatic rings. The maximum absolute atomic E-state index is 11.4. The fraction of sp³-hybridized carbons (Fsp3) is 0.273. The normalized spacial score (nSPS) is 11.8. The van der Waals surface area contributed by atoms with E-state index in [1.54, 1.807) is 30.3 Å². The zero-order valence-corrected chi connectivity index (χ0v) is 8.59. The van der Waals surface area contributed by atoms with E-state index >= 15 is 0 Å². The van der Waals surface area contributed by atoms with Crippen LogP contribution in [0, 0.1) is 0 Å². The predicted octanol–water partition coefficient (Wildman–Crippen LogP) is -0.551. The van der Waals surface area contributed by atoms with E-state index in [1.807, 2.05) is 0 Å². The average Bonchev–Trinajstić information content (AvgIpc) is 2.27. The molecular formula is C11H12NO4-. The number of benzene rings is 1. The number of carbonyl (C=O) groups is 2. The molecule has 86 valence electrons. The van der Waals surface area contributed by atoms with Crippen LogP contribution in [-0.2, 0) is 9.59 Å². The Labute approximate surface area is 92.8 Å². The van der Waals surface area contributed by atoms with Crippen LogP contribution in [0.2, 0.25) is 0 Å². The third-order valence-corrected chi connectivity index (χ3v) is 1.92. The Morgan fingerprint density at radius 3 is 2.50 bits per heavy atom. The highest BCUT2D eigenvalue weighted by Gasteiger charge is 2.15. The van der Waals surface area contributed by atoms with Gasteiger partial charge in [0, 0.05) is 5.97 Å². The number of para-hydroxylation sites is 1. The second kappa shape index (κ2) is 5.87. The number of esters is 1. The van der Waals surface area contributed by atoms with Crippen LogP contribution < -0.4 is 15.6 Å². The van der Waals surface area contributed by atoms with E-state index in [-0.39, 0.29) is 12.8 Å². The second-order valence-corrected chi connectivity index (χ2v) is 3.25. The lowest BCUT2D eigenvalue weighted by Crippen LogP contribution is -2.36. The smallest absolute Gasteiger partial charge is 0.328 e. The number of ether oxygens (including phenoxy) is 1. The third kappa shape index (κ3) is 4.10. The number of aliphatic carboxylic acids is 1. The average molecular weight is 222 g/mol. The molecular weight excluding hydrogens is 210 g/mol. The predicted molar refractivity (Wildman–Crippen MR) is 54.3 cm³/mol. The van der Waals surface area contributed by atoms with Crippen LogP contribution in [-0.4, -0.2) is 18.0 Å². The first-order chi connectivity index (χ1) is 7.59. The maximum atomic E-state index is 11.4. The lowest BCUT2D eigenvalue weighted by Gasteiger charge is -2.11. The van der Waals surface area contributed by atoms with E-state index in [1.165, 1.54) is 0 Å². The van der Waals surface area contributed by atoms with Crippen molar-refractivity contribution in [3.05, 3.63) is 30.3 Å². The van der Waals surface area contributed by atoms with Crippen molar-refractivity contribution in [2.24, 2.45) is 5.73 Å². The van der Waals surface area contributed by atoms with Gasteiger partial charge in [0.15, 0.2) is 0 Å². The highest BCUT2D eigenvalue weighted by atomic mass is 16.5. The molecule has 16 heavy (non-hydrogen) atoms. The van der Waals surface area contributed by atoms with Crippen molar-refractivity contribution in [2.45, 2.75) is 18.9 Å². The second-order valence-electron chi connectivity index (χ2n) is 3.25. The largest absolute Gasteiger partial charge is 0.550 e. The number of hydrogen-bond donors (Lipinski definition) is 1. The Balaban J connectivity index is 2.43. The van der Waals surface area contributed by atoms with Gasteiger partial charge in [-0.2, -0.15) is 0 Å². The summed E-state index contributed by atoms with van der Waals surface area (Å²) in [6.45, 7) is 0. The molecule has 0 heterocycles. The summed E-state index contributed by atoms with van der Waals surface area (Å²) in [6, 6.07) is 7.50. The molecule has 1 atom stereocenters. The number of carboxylic acid groups (broad SMARTS) is 1. The van der Waals surface area contributed by atoms with Gasteiger partial charge in [0.2, 0.25) is 0 Å². The van der Waals surface area contributed by atoms with Crippen LogP contribution in [0.4, 0.5) is 0 Å². The van der Waals surface area contributed by atoms with Gasteiger partial charge in [-0.1, -0.05) is 18.2 Å². The molecule has 0 spiro atoms. The lowest BCUT2D eigenvalue weighted by atomic mass is 10.2. The van der Waals surface area contributed by atoms with Crippen molar-refractivity contribution in [1.29, 1.82) is 0 Å². The van der Waals surface area contributed by atoms with Gasteiger partial charge in [-0.25, -0.2) is 4.79 Å². The minimum absolute atomic E-state index is 0.00794. The molecule has 1 rings (SSSR count). The first-order valence-electron chi connectivity index (χ1n) is 4.82. The van der Waals surface area contributed by atoms with Crippen LogP contribution >= 0.6 is 0 Å². The van der Waals surface area contributed by atoms with E-state index in [0.29, 0.717) is 5.75 Å². The summed E-state index contributed by atoms with van der Waals surface area (Å²) in [6.07, 6.45) is -0.251. The maximum Gasteiger partial charge on any atom is 0.328 e. The molecule has 0 saturated heterocycles. The zero-order valence-electron chi connectivity index (χ0n) is 8.59. The van der Waals surface area contributed by atoms with E-state index < -0.39 is 18.0 Å². The van der Waals surface area contributed by atoms with Crippen molar-refractivity contribution in [3.8, 4) is 5.75 Å². The molecule has 0 aliphatic carbocycles. The van der Waals surface area contributed by atoms with Crippen LogP contribution in [0.15, 0.2) is 30.3 Å². The van der Waals surface area contributed by atoms with Gasteiger partial charge in [-0.3, -0.25) is 0 Å². The molecule has 0 bridgehead atoms. The monoisotopic (exact) mass is 222 g/mol. The van der Waals surface area contributed by atoms with Gasteiger partial charge in [0.05, 0.1) is 0 Å². The fourth-order valence-corrected chi connectivity index (χ4v) is 1.07. The van der Waals surface area contributed by atoms with E-state index in [0.717, 1.165) is 0 Å². The minimum atomic E-state index is -1.23. The molecule has 0 aromatic heterocycles. The van der Waals surface area contributed by atoms with Crippen LogP contribution in [0.25, 0.3) is 0 Å². The van der Waals surface area contributed by atoms with Gasteiger partial charge in [-0.05, 0) is 25.0 Å². The highest BCUT2D eigenvalue weighted by molar-refractivity contribution is 5.78. The summed E-state index contributed by atoms with van der Waals surface area (Å²) in [7, 11) is 0. The molecule has 0 saturated carbocycles. The molecule has 0 aliphatic heterocycles. The van der Waals surface area contributed by atoms with E-state index in [9.17, 15) is 14.7 Å². The number of rotatable bonds is 5. The molecule has 0 radical (unpaired) electrons. The fourth-order valence-electron chi connectivity index (χ4n) is 1.07. The van der Waals surface area contributed by atoms with Crippen LogP contribution in [0.1, 0.15) is 12.8 Å². The number of carbonyl (C=O) groups excluding carboxylic acids is 2. The third-order valence-electron chi connectivity index (χ3n) is 1.92. The lowest BCUT2D eigenvalue weighted by molar-refractivity contribution is -0.305. The SMILES string of the molecule is NC(CCC(=O)[O-])C(=O)Oc1ccccc1. The quantitative estimate of drug-likeness (QED) is 0.533. The Hall–Kier alpha value is -1.88. The van der Waals surface area contributed by atoms with Gasteiger partial charge in [0.1, 0.15) is 11.8 Å². The first kappa shape index (κ1) is 12.2. The van der Waals surface area contributed by atoms with Crippen molar-refractivity contribution in [2.75, 3.05) is 0 Å². The summed E-state index contributed by atoms with van der Waals surface area (Å²) in [4.78, 5) is 21.5. The minimum Gasteiger partial charge on any atom is -0.550 e. The summed E-state index contributed by atoms with van der Waals surface area (Å²) in [5, 5.41) is 10.2. The summed E-state index contributed by atoms with van der Waals surface area (Å²) >= 11 is 0. The summed E-state index contributed by atoms with van der Waals surface area (Å²) < 4.78 is 4.93. The van der Waals surface area contributed by atoms with Crippen molar-refractivity contribution < 1.29 is 19.4 Å². The molecule has 1 aromatic carbocycles. The molecule has 1 aromatic rings. The van der Waals surface area contributed by atoms with Crippen LogP contribution in [0.5, 0.6) is 5.75 Å². The van der Waals surface area contributed by atoms with Crippen molar-refractivity contribution in [1.82, 2.24) is 0 Å². The van der Waals surface area contributed by atoms with Crippen molar-refractivity contribution in [3.63, 3.8) is 0 Å². The summed E-state index contributed by atoms with van der Waals surface area (Å²) in [5.74, 6) is -1.49. The standard InChI is InChI=1S/C11H13NO4/c12-9(6-7-10(13)14)11(15)16-8-4-2-1-3-5-8/h1-5,9H,6-7,12H2,(H,13,14)/p-1. The summed E-state index contributed by atoms with van der Waals surface area (Å²) in [5.41, 5.74) is 5.45. The van der Waals surface area contributed by atoms with Crippen molar-refractivity contribution >= 4 is 11.9 Å². The molecule has 0 amide bonds. The Kier molecular flexibility index (Phi) is 4.47. The molecule has 0 fully saturated rings. The Morgan fingerprint density at radius 2 is 1.94 bits per heavy atom. The first-order valence-corrected chi connectivity index (χ1v) is 4.82. The van der Waals surface area contributed by atoms with E-state index in [4.69, 9.17) is 10.5 Å². The molecule has 1 unspecified atom stereocenters. The van der Waals surface area contributed by atoms with Gasteiger partial charge in [-0.15, -0.1) is 0 Å². The highest BCUT2D eigenvalue weighted by Crippen LogP contribution is 2.09. The molecule has 5 heteroatoms.